The number of amides is 1. The number of thiazole rings is 1. The maximum atomic E-state index is 14.0. The molecule has 0 radical (unpaired) electrons. The molecule has 2 aromatic heterocycles. The highest BCUT2D eigenvalue weighted by Crippen LogP contribution is 2.41. The molecule has 3 aromatic rings. The maximum Gasteiger partial charge on any atom is 0.252 e. The number of sulfonamides is 1. The van der Waals surface area contributed by atoms with Crippen LogP contribution >= 0.6 is 22.7 Å². The van der Waals surface area contributed by atoms with Crippen molar-refractivity contribution in [2.45, 2.75) is 23.5 Å². The second-order valence-electron chi connectivity index (χ2n) is 9.55. The van der Waals surface area contributed by atoms with Crippen LogP contribution in [-0.2, 0) is 19.6 Å². The van der Waals surface area contributed by atoms with Gasteiger partial charge in [-0.05, 0) is 42.8 Å². The minimum atomic E-state index is -3.53. The highest BCUT2D eigenvalue weighted by atomic mass is 32.2. The number of thiophene rings is 1. The van der Waals surface area contributed by atoms with E-state index in [1.807, 2.05) is 12.1 Å². The second-order valence-corrected chi connectivity index (χ2v) is 13.6. The summed E-state index contributed by atoms with van der Waals surface area (Å²) in [6.45, 7) is 5.26. The Kier molecular flexibility index (Phi) is 9.04. The normalized spacial score (nSPS) is 17.9. The average Bonchev–Trinajstić information content (AvgIpc) is 3.67. The number of benzene rings is 1. The SMILES string of the molecule is COc1ccc(OC)c2sc(N(CCCN3CCOCC3)C(=O)C3CCN(S(=O)(=O)c4cccs4)CC3)nc12. The van der Waals surface area contributed by atoms with E-state index in [-0.39, 0.29) is 11.8 Å². The number of aromatic nitrogens is 1. The Morgan fingerprint density at radius 1 is 1.10 bits per heavy atom. The lowest BCUT2D eigenvalue weighted by atomic mass is 9.96. The first kappa shape index (κ1) is 28.2. The molecule has 212 valence electrons. The molecule has 5 rings (SSSR count). The standard InChI is InChI=1S/C26H34N4O6S3/c1-34-20-6-7-21(35-2)24-23(20)27-26(38-24)30(11-4-10-28-14-16-36-17-15-28)25(31)19-8-12-29(13-9-19)39(32,33)22-5-3-18-37-22/h3,5-7,18-19H,4,8-17H2,1-2H3. The van der Waals surface area contributed by atoms with E-state index in [1.165, 1.54) is 27.0 Å². The van der Waals surface area contributed by atoms with Crippen LogP contribution in [0.1, 0.15) is 19.3 Å². The topological polar surface area (TPSA) is 102 Å². The third-order valence-corrected chi connectivity index (χ3v) is 11.6. The summed E-state index contributed by atoms with van der Waals surface area (Å²) in [5.41, 5.74) is 0.666. The summed E-state index contributed by atoms with van der Waals surface area (Å²) in [7, 11) is -0.311. The van der Waals surface area contributed by atoms with Gasteiger partial charge in [0, 0.05) is 45.2 Å². The molecular weight excluding hydrogens is 561 g/mol. The van der Waals surface area contributed by atoms with Crippen molar-refractivity contribution >= 4 is 54.0 Å². The molecule has 13 heteroatoms. The summed E-state index contributed by atoms with van der Waals surface area (Å²) in [4.78, 5) is 23.0. The minimum absolute atomic E-state index is 0.0119. The molecule has 0 bridgehead atoms. The quantitative estimate of drug-likeness (QED) is 0.352. The number of ether oxygens (including phenoxy) is 3. The van der Waals surface area contributed by atoms with Crippen molar-refractivity contribution in [3.63, 3.8) is 0 Å². The summed E-state index contributed by atoms with van der Waals surface area (Å²) < 4.78 is 45.2. The van der Waals surface area contributed by atoms with Crippen molar-refractivity contribution < 1.29 is 27.4 Å². The lowest BCUT2D eigenvalue weighted by molar-refractivity contribution is -0.123. The Morgan fingerprint density at radius 2 is 1.82 bits per heavy atom. The molecule has 0 saturated carbocycles. The van der Waals surface area contributed by atoms with Gasteiger partial charge in [0.15, 0.2) is 5.13 Å². The van der Waals surface area contributed by atoms with Gasteiger partial charge in [-0.15, -0.1) is 11.3 Å². The molecule has 0 aliphatic carbocycles. The van der Waals surface area contributed by atoms with Crippen molar-refractivity contribution in [1.29, 1.82) is 0 Å². The predicted molar refractivity (Wildman–Crippen MR) is 153 cm³/mol. The Balaban J connectivity index is 1.35. The lowest BCUT2D eigenvalue weighted by Gasteiger charge is -2.33. The number of methoxy groups -OCH3 is 2. The molecule has 10 nitrogen and oxygen atoms in total. The van der Waals surface area contributed by atoms with Crippen molar-refractivity contribution in [3.05, 3.63) is 29.6 Å². The summed E-state index contributed by atoms with van der Waals surface area (Å²) >= 11 is 2.64. The molecule has 2 saturated heterocycles. The molecule has 0 spiro atoms. The van der Waals surface area contributed by atoms with Crippen molar-refractivity contribution in [2.75, 3.05) is 71.6 Å². The Morgan fingerprint density at radius 3 is 2.49 bits per heavy atom. The fraction of sp³-hybridized carbons (Fsp3) is 0.538. The van der Waals surface area contributed by atoms with Gasteiger partial charge in [-0.3, -0.25) is 14.6 Å². The molecule has 0 atom stereocenters. The van der Waals surface area contributed by atoms with Crippen LogP contribution in [0, 0.1) is 5.92 Å². The molecule has 2 fully saturated rings. The van der Waals surface area contributed by atoms with Crippen LogP contribution in [0.2, 0.25) is 0 Å². The zero-order valence-electron chi connectivity index (χ0n) is 22.2. The van der Waals surface area contributed by atoms with Crippen molar-refractivity contribution in [3.8, 4) is 11.5 Å². The van der Waals surface area contributed by atoms with Gasteiger partial charge in [0.1, 0.15) is 25.9 Å². The second kappa shape index (κ2) is 12.5. The van der Waals surface area contributed by atoms with E-state index in [9.17, 15) is 13.2 Å². The van der Waals surface area contributed by atoms with Crippen molar-refractivity contribution in [1.82, 2.24) is 14.2 Å². The number of anilines is 1. The molecule has 2 aliphatic heterocycles. The molecule has 2 aliphatic rings. The van der Waals surface area contributed by atoms with E-state index in [0.717, 1.165) is 44.0 Å². The minimum Gasteiger partial charge on any atom is -0.495 e. The Labute approximate surface area is 237 Å². The van der Waals surface area contributed by atoms with Crippen LogP contribution in [0.15, 0.2) is 33.9 Å². The largest absolute Gasteiger partial charge is 0.495 e. The summed E-state index contributed by atoms with van der Waals surface area (Å²) in [6.07, 6.45) is 1.74. The number of rotatable bonds is 10. The van der Waals surface area contributed by atoms with Crippen LogP contribution in [0.25, 0.3) is 10.2 Å². The fourth-order valence-electron chi connectivity index (χ4n) is 5.07. The number of piperidine rings is 1. The Hall–Kier alpha value is -2.29. The molecule has 1 amide bonds. The van der Waals surface area contributed by atoms with Gasteiger partial charge in [-0.25, -0.2) is 13.4 Å². The van der Waals surface area contributed by atoms with Gasteiger partial charge in [-0.1, -0.05) is 17.4 Å². The van der Waals surface area contributed by atoms with Gasteiger partial charge in [0.25, 0.3) is 10.0 Å². The van der Waals surface area contributed by atoms with Gasteiger partial charge in [0.05, 0.1) is 27.4 Å². The van der Waals surface area contributed by atoms with E-state index < -0.39 is 10.0 Å². The third kappa shape index (κ3) is 6.08. The highest BCUT2D eigenvalue weighted by molar-refractivity contribution is 7.91. The van der Waals surface area contributed by atoms with E-state index >= 15 is 0 Å². The highest BCUT2D eigenvalue weighted by Gasteiger charge is 2.35. The van der Waals surface area contributed by atoms with Crippen LogP contribution in [0.3, 0.4) is 0 Å². The number of nitrogens with zero attached hydrogens (tertiary/aromatic N) is 4. The predicted octanol–water partition coefficient (Wildman–Crippen LogP) is 3.53. The number of fused-ring (bicyclic) bond motifs is 1. The van der Waals surface area contributed by atoms with Crippen LogP contribution < -0.4 is 14.4 Å². The lowest BCUT2D eigenvalue weighted by Crippen LogP contribution is -2.45. The molecule has 4 heterocycles. The van der Waals surface area contributed by atoms with Crippen LogP contribution in [-0.4, -0.2) is 95.2 Å². The molecule has 39 heavy (non-hydrogen) atoms. The molecule has 1 aromatic carbocycles. The first-order valence-electron chi connectivity index (χ1n) is 13.1. The zero-order valence-corrected chi connectivity index (χ0v) is 24.7. The van der Waals surface area contributed by atoms with E-state index in [4.69, 9.17) is 19.2 Å². The van der Waals surface area contributed by atoms with Crippen LogP contribution in [0.4, 0.5) is 5.13 Å². The Bertz CT molecular complexity index is 1320. The van der Waals surface area contributed by atoms with Gasteiger partial charge >= 0.3 is 0 Å². The average molecular weight is 595 g/mol. The fourth-order valence-corrected chi connectivity index (χ4v) is 8.79. The van der Waals surface area contributed by atoms with E-state index in [2.05, 4.69) is 4.90 Å². The molecule has 0 N–H and O–H groups in total. The number of carbonyl (C=O) groups is 1. The number of hydrogen-bond donors (Lipinski definition) is 0. The van der Waals surface area contributed by atoms with E-state index in [0.29, 0.717) is 58.8 Å². The monoisotopic (exact) mass is 594 g/mol. The first-order valence-corrected chi connectivity index (χ1v) is 16.2. The number of carbonyl (C=O) groups excluding carboxylic acids is 1. The zero-order chi connectivity index (χ0) is 27.4. The smallest absolute Gasteiger partial charge is 0.252 e. The maximum absolute atomic E-state index is 14.0. The first-order chi connectivity index (χ1) is 18.9. The van der Waals surface area contributed by atoms with Gasteiger partial charge in [-0.2, -0.15) is 4.31 Å². The number of hydrogen-bond acceptors (Lipinski definition) is 10. The number of morpholine rings is 1. The van der Waals surface area contributed by atoms with Crippen molar-refractivity contribution in [2.24, 2.45) is 5.92 Å². The summed E-state index contributed by atoms with van der Waals surface area (Å²) in [5, 5.41) is 2.37. The summed E-state index contributed by atoms with van der Waals surface area (Å²) in [6, 6.07) is 7.03. The molecular formula is C26H34N4O6S3. The van der Waals surface area contributed by atoms with E-state index in [1.54, 1.807) is 36.6 Å². The summed E-state index contributed by atoms with van der Waals surface area (Å²) in [5.74, 6) is 1.02. The molecule has 0 unspecified atom stereocenters. The third-order valence-electron chi connectivity index (χ3n) is 7.25. The van der Waals surface area contributed by atoms with Gasteiger partial charge < -0.3 is 14.2 Å². The van der Waals surface area contributed by atoms with Crippen LogP contribution in [0.5, 0.6) is 11.5 Å². The van der Waals surface area contributed by atoms with Gasteiger partial charge in [0.2, 0.25) is 5.91 Å².